The second-order valence-corrected chi connectivity index (χ2v) is 4.02. The number of nitrogens with zero attached hydrogens (tertiary/aromatic N) is 2. The van der Waals surface area contributed by atoms with Gasteiger partial charge in [0.15, 0.2) is 0 Å². The van der Waals surface area contributed by atoms with Crippen LogP contribution in [0, 0.1) is 0 Å². The minimum Gasteiger partial charge on any atom is -0.339 e. The monoisotopic (exact) mass is 247 g/mol. The van der Waals surface area contributed by atoms with Gasteiger partial charge in [-0.25, -0.2) is 4.79 Å². The van der Waals surface area contributed by atoms with E-state index in [0.29, 0.717) is 45.0 Å². The number of carbonyl (C=O) groups is 2. The molecule has 0 unspecified atom stereocenters. The minimum atomic E-state index is -0.0491. The zero-order valence-electron chi connectivity index (χ0n) is 9.54. The van der Waals surface area contributed by atoms with Crippen LogP contribution in [0.3, 0.4) is 0 Å². The van der Waals surface area contributed by atoms with E-state index in [0.717, 1.165) is 0 Å². The van der Waals surface area contributed by atoms with Gasteiger partial charge in [-0.3, -0.25) is 4.79 Å². The van der Waals surface area contributed by atoms with Crippen LogP contribution in [0.25, 0.3) is 0 Å². The second kappa shape index (κ2) is 6.58. The van der Waals surface area contributed by atoms with E-state index in [2.05, 4.69) is 5.32 Å². The minimum absolute atomic E-state index is 0.0491. The molecule has 92 valence electrons. The number of hydrogen-bond acceptors (Lipinski definition) is 2. The van der Waals surface area contributed by atoms with E-state index in [1.165, 1.54) is 0 Å². The summed E-state index contributed by atoms with van der Waals surface area (Å²) < 4.78 is 0. The van der Waals surface area contributed by atoms with Crippen LogP contribution >= 0.6 is 11.6 Å². The van der Waals surface area contributed by atoms with Gasteiger partial charge < -0.3 is 15.1 Å². The second-order valence-electron chi connectivity index (χ2n) is 3.64. The van der Waals surface area contributed by atoms with Crippen molar-refractivity contribution >= 4 is 23.5 Å². The Kier molecular flexibility index (Phi) is 5.38. The number of rotatable bonds is 3. The molecule has 0 radical (unpaired) electrons. The van der Waals surface area contributed by atoms with Gasteiger partial charge >= 0.3 is 6.03 Å². The van der Waals surface area contributed by atoms with E-state index < -0.39 is 0 Å². The van der Waals surface area contributed by atoms with Crippen LogP contribution in [0.2, 0.25) is 0 Å². The molecule has 1 N–H and O–H groups in total. The molecular weight excluding hydrogens is 230 g/mol. The van der Waals surface area contributed by atoms with Crippen LogP contribution in [-0.2, 0) is 4.79 Å². The molecule has 1 fully saturated rings. The van der Waals surface area contributed by atoms with Crippen molar-refractivity contribution in [2.24, 2.45) is 0 Å². The molecule has 0 aromatic rings. The van der Waals surface area contributed by atoms with Gasteiger partial charge in [-0.1, -0.05) is 0 Å². The molecule has 0 spiro atoms. The molecule has 1 aliphatic rings. The molecule has 1 rings (SSSR count). The zero-order valence-corrected chi connectivity index (χ0v) is 10.3. The maximum Gasteiger partial charge on any atom is 0.317 e. The van der Waals surface area contributed by atoms with Crippen molar-refractivity contribution < 1.29 is 9.59 Å². The van der Waals surface area contributed by atoms with Crippen LogP contribution in [0.5, 0.6) is 0 Å². The lowest BCUT2D eigenvalue weighted by Crippen LogP contribution is -2.53. The van der Waals surface area contributed by atoms with E-state index in [1.54, 1.807) is 9.80 Å². The maximum absolute atomic E-state index is 11.5. The van der Waals surface area contributed by atoms with Crippen molar-refractivity contribution in [1.29, 1.82) is 0 Å². The Morgan fingerprint density at radius 1 is 1.19 bits per heavy atom. The highest BCUT2D eigenvalue weighted by atomic mass is 35.5. The highest BCUT2D eigenvalue weighted by Gasteiger charge is 2.23. The Balaban J connectivity index is 2.33. The first kappa shape index (κ1) is 13.1. The number of halogens is 1. The third kappa shape index (κ3) is 3.56. The average Bonchev–Trinajstić information content (AvgIpc) is 2.30. The number of carbonyl (C=O) groups excluding carboxylic acids is 2. The quantitative estimate of drug-likeness (QED) is 0.738. The van der Waals surface area contributed by atoms with E-state index in [4.69, 9.17) is 11.6 Å². The summed E-state index contributed by atoms with van der Waals surface area (Å²) in [6.07, 6.45) is 0.378. The summed E-state index contributed by atoms with van der Waals surface area (Å²) >= 11 is 5.51. The number of amides is 3. The summed E-state index contributed by atoms with van der Waals surface area (Å²) in [5.41, 5.74) is 0. The molecule has 1 saturated heterocycles. The van der Waals surface area contributed by atoms with Gasteiger partial charge in [0.1, 0.15) is 0 Å². The van der Waals surface area contributed by atoms with Crippen molar-refractivity contribution in [3.63, 3.8) is 0 Å². The fraction of sp³-hybridized carbons (Fsp3) is 0.800. The van der Waals surface area contributed by atoms with Gasteiger partial charge in [0.05, 0.1) is 0 Å². The standard InChI is InChI=1S/C10H18ClN3O2/c1-2-12-10(16)14-7-5-13(6-8-14)9(15)3-4-11/h2-8H2,1H3,(H,12,16). The summed E-state index contributed by atoms with van der Waals surface area (Å²) in [6, 6.07) is -0.0491. The predicted octanol–water partition coefficient (Wildman–Crippen LogP) is 0.489. The van der Waals surface area contributed by atoms with Gasteiger partial charge in [-0.05, 0) is 6.92 Å². The third-order valence-corrected chi connectivity index (χ3v) is 2.74. The molecule has 0 bridgehead atoms. The predicted molar refractivity (Wildman–Crippen MR) is 62.6 cm³/mol. The number of nitrogens with one attached hydrogen (secondary N) is 1. The Morgan fingerprint density at radius 3 is 2.25 bits per heavy atom. The maximum atomic E-state index is 11.5. The van der Waals surface area contributed by atoms with Gasteiger partial charge in [0, 0.05) is 45.0 Å². The van der Waals surface area contributed by atoms with Gasteiger partial charge in [-0.15, -0.1) is 11.6 Å². The zero-order chi connectivity index (χ0) is 12.0. The molecule has 0 atom stereocenters. The normalized spacial score (nSPS) is 16.1. The lowest BCUT2D eigenvalue weighted by atomic mass is 10.3. The van der Waals surface area contributed by atoms with Crippen LogP contribution in [0.1, 0.15) is 13.3 Å². The van der Waals surface area contributed by atoms with Crippen LogP contribution in [0.15, 0.2) is 0 Å². The van der Waals surface area contributed by atoms with Gasteiger partial charge in [0.25, 0.3) is 0 Å². The lowest BCUT2D eigenvalue weighted by molar-refractivity contribution is -0.132. The molecule has 1 heterocycles. The summed E-state index contributed by atoms with van der Waals surface area (Å²) in [6.45, 7) is 4.92. The van der Waals surface area contributed by atoms with E-state index in [-0.39, 0.29) is 11.9 Å². The molecule has 16 heavy (non-hydrogen) atoms. The topological polar surface area (TPSA) is 52.7 Å². The van der Waals surface area contributed by atoms with Crippen molar-refractivity contribution in [1.82, 2.24) is 15.1 Å². The summed E-state index contributed by atoms with van der Waals surface area (Å²) in [5.74, 6) is 0.431. The van der Waals surface area contributed by atoms with E-state index >= 15 is 0 Å². The summed E-state index contributed by atoms with van der Waals surface area (Å²) in [7, 11) is 0. The molecule has 0 saturated carbocycles. The third-order valence-electron chi connectivity index (χ3n) is 2.56. The number of piperazine rings is 1. The fourth-order valence-corrected chi connectivity index (χ4v) is 1.82. The Morgan fingerprint density at radius 2 is 1.75 bits per heavy atom. The molecule has 0 aromatic carbocycles. The average molecular weight is 248 g/mol. The molecular formula is C10H18ClN3O2. The van der Waals surface area contributed by atoms with E-state index in [1.807, 2.05) is 6.92 Å². The SMILES string of the molecule is CCNC(=O)N1CCN(C(=O)CCCl)CC1. The van der Waals surface area contributed by atoms with Gasteiger partial charge in [-0.2, -0.15) is 0 Å². The van der Waals surface area contributed by atoms with Crippen molar-refractivity contribution in [3.8, 4) is 0 Å². The number of urea groups is 1. The van der Waals surface area contributed by atoms with Crippen LogP contribution in [-0.4, -0.2) is 60.3 Å². The Bertz CT molecular complexity index is 226. The summed E-state index contributed by atoms with van der Waals surface area (Å²) in [4.78, 5) is 26.5. The molecule has 3 amide bonds. The van der Waals surface area contributed by atoms with Crippen molar-refractivity contribution in [2.45, 2.75) is 13.3 Å². The first-order valence-electron chi connectivity index (χ1n) is 5.55. The summed E-state index contributed by atoms with van der Waals surface area (Å²) in [5, 5.41) is 2.75. The van der Waals surface area contributed by atoms with Crippen LogP contribution in [0.4, 0.5) is 4.79 Å². The molecule has 0 aliphatic carbocycles. The first-order valence-corrected chi connectivity index (χ1v) is 6.09. The van der Waals surface area contributed by atoms with Gasteiger partial charge in [0.2, 0.25) is 5.91 Å². The smallest absolute Gasteiger partial charge is 0.317 e. The van der Waals surface area contributed by atoms with E-state index in [9.17, 15) is 9.59 Å². The largest absolute Gasteiger partial charge is 0.339 e. The fourth-order valence-electron chi connectivity index (χ4n) is 1.66. The first-order chi connectivity index (χ1) is 7.69. The molecule has 0 aromatic heterocycles. The molecule has 6 heteroatoms. The Labute approximate surface area is 101 Å². The van der Waals surface area contributed by atoms with Crippen molar-refractivity contribution in [2.75, 3.05) is 38.6 Å². The highest BCUT2D eigenvalue weighted by Crippen LogP contribution is 2.04. The van der Waals surface area contributed by atoms with Crippen LogP contribution < -0.4 is 5.32 Å². The molecule has 5 nitrogen and oxygen atoms in total. The van der Waals surface area contributed by atoms with Crippen molar-refractivity contribution in [3.05, 3.63) is 0 Å². The lowest BCUT2D eigenvalue weighted by Gasteiger charge is -2.34. The molecule has 1 aliphatic heterocycles. The Hall–Kier alpha value is -0.970. The number of hydrogen-bond donors (Lipinski definition) is 1. The highest BCUT2D eigenvalue weighted by molar-refractivity contribution is 6.18. The number of alkyl halides is 1.